The Balaban J connectivity index is 1.39. The molecule has 0 fully saturated rings. The van der Waals surface area contributed by atoms with E-state index >= 15 is 0 Å². The molecule has 1 atom stereocenters. The van der Waals surface area contributed by atoms with Crippen LogP contribution in [0.25, 0.3) is 10.9 Å². The Labute approximate surface area is 225 Å². The smallest absolute Gasteiger partial charge is 0.252 e. The number of fused-ring (bicyclic) bond motifs is 2. The van der Waals surface area contributed by atoms with Gasteiger partial charge in [0.25, 0.3) is 5.56 Å². The summed E-state index contributed by atoms with van der Waals surface area (Å²) in [6.07, 6.45) is 2.37. The van der Waals surface area contributed by atoms with E-state index in [1.807, 2.05) is 43.3 Å². The third kappa shape index (κ3) is 5.03. The minimum atomic E-state index is -0.172. The van der Waals surface area contributed by atoms with Gasteiger partial charge >= 0.3 is 0 Å². The molecule has 0 aliphatic carbocycles. The van der Waals surface area contributed by atoms with Crippen molar-refractivity contribution in [2.75, 3.05) is 6.79 Å². The van der Waals surface area contributed by atoms with E-state index in [1.54, 1.807) is 10.9 Å². The zero-order chi connectivity index (χ0) is 26.9. The lowest BCUT2D eigenvalue weighted by Gasteiger charge is -2.30. The highest BCUT2D eigenvalue weighted by Gasteiger charge is 2.27. The van der Waals surface area contributed by atoms with Crippen LogP contribution in [0, 0.1) is 13.8 Å². The lowest BCUT2D eigenvalue weighted by atomic mass is 10.0. The van der Waals surface area contributed by atoms with Gasteiger partial charge < -0.3 is 18.9 Å². The average molecular weight is 527 g/mol. The molecule has 0 amide bonds. The number of pyridine rings is 1. The summed E-state index contributed by atoms with van der Waals surface area (Å²) >= 11 is 0. The molecule has 200 valence electrons. The number of rotatable bonds is 9. The molecular formula is C29H30N6O4. The Morgan fingerprint density at radius 2 is 1.95 bits per heavy atom. The maximum Gasteiger partial charge on any atom is 0.252 e. The van der Waals surface area contributed by atoms with Gasteiger partial charge in [-0.3, -0.25) is 9.69 Å². The number of aryl methyl sites for hydroxylation is 2. The lowest BCUT2D eigenvalue weighted by Crippen LogP contribution is -2.32. The summed E-state index contributed by atoms with van der Waals surface area (Å²) in [6.45, 7) is 7.76. The van der Waals surface area contributed by atoms with Crippen molar-refractivity contribution in [2.24, 2.45) is 0 Å². The summed E-state index contributed by atoms with van der Waals surface area (Å²) in [5.41, 5.74) is 4.68. The Morgan fingerprint density at radius 1 is 1.08 bits per heavy atom. The van der Waals surface area contributed by atoms with Gasteiger partial charge in [0.2, 0.25) is 6.79 Å². The quantitative estimate of drug-likeness (QED) is 0.295. The maximum atomic E-state index is 13.3. The van der Waals surface area contributed by atoms with E-state index in [9.17, 15) is 4.79 Å². The molecule has 0 unspecified atom stereocenters. The first-order valence-corrected chi connectivity index (χ1v) is 13.0. The Kier molecular flexibility index (Phi) is 6.62. The zero-order valence-electron chi connectivity index (χ0n) is 22.2. The molecule has 4 heterocycles. The second kappa shape index (κ2) is 10.4. The van der Waals surface area contributed by atoms with Crippen molar-refractivity contribution in [1.82, 2.24) is 30.1 Å². The average Bonchev–Trinajstić information content (AvgIpc) is 3.69. The van der Waals surface area contributed by atoms with Crippen molar-refractivity contribution < 1.29 is 13.9 Å². The zero-order valence-corrected chi connectivity index (χ0v) is 22.2. The van der Waals surface area contributed by atoms with Crippen LogP contribution in [-0.2, 0) is 19.6 Å². The molecule has 2 aromatic carbocycles. The van der Waals surface area contributed by atoms with Gasteiger partial charge in [-0.2, -0.15) is 0 Å². The molecule has 1 aliphatic rings. The van der Waals surface area contributed by atoms with E-state index in [2.05, 4.69) is 51.4 Å². The summed E-state index contributed by atoms with van der Waals surface area (Å²) in [7, 11) is 0. The highest BCUT2D eigenvalue weighted by Crippen LogP contribution is 2.34. The third-order valence-corrected chi connectivity index (χ3v) is 7.14. The van der Waals surface area contributed by atoms with Crippen molar-refractivity contribution in [3.8, 4) is 11.5 Å². The van der Waals surface area contributed by atoms with Crippen LogP contribution in [-0.4, -0.2) is 36.9 Å². The number of nitrogens with one attached hydrogen (secondary N) is 1. The number of nitrogens with zero attached hydrogens (tertiary/aromatic N) is 5. The number of furan rings is 1. The topological polar surface area (TPSA) is 111 Å². The SMILES string of the molecule is CC[C@@H](c1nnnn1Cc1ccco1)N(Cc1ccc2c(c1)OCO2)Cc1cc2cc(C)cc(C)c2[nH]c1=O. The molecule has 0 spiro atoms. The van der Waals surface area contributed by atoms with Crippen LogP contribution in [0.1, 0.15) is 53.2 Å². The van der Waals surface area contributed by atoms with E-state index in [1.165, 1.54) is 0 Å². The monoisotopic (exact) mass is 526 g/mol. The summed E-state index contributed by atoms with van der Waals surface area (Å²) < 4.78 is 18.4. The highest BCUT2D eigenvalue weighted by atomic mass is 16.7. The standard InChI is InChI=1S/C29H30N6O4/c1-4-24(28-31-32-33-35(28)16-23-6-5-9-37-23)34(14-20-7-8-25-26(12-20)39-17-38-25)15-22-13-21-11-18(2)10-19(3)27(21)30-29(22)36/h5-13,24H,4,14-17H2,1-3H3,(H,30,36)/t24-/m0/s1. The van der Waals surface area contributed by atoms with Gasteiger partial charge in [0.1, 0.15) is 12.3 Å². The third-order valence-electron chi connectivity index (χ3n) is 7.14. The van der Waals surface area contributed by atoms with Gasteiger partial charge in [-0.15, -0.1) is 5.10 Å². The molecule has 0 bridgehead atoms. The second-order valence-electron chi connectivity index (χ2n) is 9.96. The van der Waals surface area contributed by atoms with Crippen LogP contribution >= 0.6 is 0 Å². The van der Waals surface area contributed by atoms with Gasteiger partial charge in [-0.1, -0.05) is 24.6 Å². The fourth-order valence-corrected chi connectivity index (χ4v) is 5.34. The van der Waals surface area contributed by atoms with Crippen molar-refractivity contribution >= 4 is 10.9 Å². The molecule has 0 saturated heterocycles. The molecule has 39 heavy (non-hydrogen) atoms. The van der Waals surface area contributed by atoms with Gasteiger partial charge in [0.05, 0.1) is 17.8 Å². The Bertz CT molecular complexity index is 1670. The summed E-state index contributed by atoms with van der Waals surface area (Å²) in [4.78, 5) is 18.7. The normalized spacial score (nSPS) is 13.4. The molecule has 0 saturated carbocycles. The molecule has 3 aromatic heterocycles. The molecule has 10 heteroatoms. The molecule has 6 rings (SSSR count). The van der Waals surface area contributed by atoms with E-state index in [4.69, 9.17) is 13.9 Å². The lowest BCUT2D eigenvalue weighted by molar-refractivity contribution is 0.160. The summed E-state index contributed by atoms with van der Waals surface area (Å²) in [5.74, 6) is 2.92. The number of ether oxygens (including phenoxy) is 2. The largest absolute Gasteiger partial charge is 0.467 e. The van der Waals surface area contributed by atoms with E-state index < -0.39 is 0 Å². The van der Waals surface area contributed by atoms with Crippen LogP contribution in [0.5, 0.6) is 11.5 Å². The van der Waals surface area contributed by atoms with Crippen molar-refractivity contribution in [1.29, 1.82) is 0 Å². The Morgan fingerprint density at radius 3 is 2.77 bits per heavy atom. The molecular weight excluding hydrogens is 496 g/mol. The van der Waals surface area contributed by atoms with E-state index in [-0.39, 0.29) is 18.4 Å². The first kappa shape index (κ1) is 24.9. The van der Waals surface area contributed by atoms with Crippen molar-refractivity contribution in [3.05, 3.63) is 99.0 Å². The van der Waals surface area contributed by atoms with Crippen LogP contribution in [0.2, 0.25) is 0 Å². The molecule has 1 aliphatic heterocycles. The first-order valence-electron chi connectivity index (χ1n) is 13.0. The number of H-pyrrole nitrogens is 1. The minimum absolute atomic E-state index is 0.102. The van der Waals surface area contributed by atoms with Crippen molar-refractivity contribution in [2.45, 2.75) is 52.9 Å². The van der Waals surface area contributed by atoms with Gasteiger partial charge in [0.15, 0.2) is 17.3 Å². The van der Waals surface area contributed by atoms with Crippen LogP contribution in [0.4, 0.5) is 0 Å². The molecule has 0 radical (unpaired) electrons. The minimum Gasteiger partial charge on any atom is -0.467 e. The van der Waals surface area contributed by atoms with Gasteiger partial charge in [-0.25, -0.2) is 4.68 Å². The number of hydrogen-bond acceptors (Lipinski definition) is 8. The number of aromatic amines is 1. The van der Waals surface area contributed by atoms with Crippen LogP contribution in [0.15, 0.2) is 64.0 Å². The van der Waals surface area contributed by atoms with Gasteiger partial charge in [-0.05, 0) is 83.6 Å². The fraction of sp³-hybridized carbons (Fsp3) is 0.310. The molecule has 1 N–H and O–H groups in total. The van der Waals surface area contributed by atoms with E-state index in [0.717, 1.165) is 51.3 Å². The second-order valence-corrected chi connectivity index (χ2v) is 9.96. The predicted molar refractivity (Wildman–Crippen MR) is 145 cm³/mol. The number of hydrogen-bond donors (Lipinski definition) is 1. The number of benzene rings is 2. The fourth-order valence-electron chi connectivity index (χ4n) is 5.34. The van der Waals surface area contributed by atoms with Crippen LogP contribution < -0.4 is 15.0 Å². The Hall–Kier alpha value is -4.44. The first-order chi connectivity index (χ1) is 19.0. The van der Waals surface area contributed by atoms with E-state index in [0.29, 0.717) is 31.0 Å². The predicted octanol–water partition coefficient (Wildman–Crippen LogP) is 4.65. The molecule has 5 aromatic rings. The molecule has 10 nitrogen and oxygen atoms in total. The summed E-state index contributed by atoms with van der Waals surface area (Å²) in [6, 6.07) is 15.7. The number of aromatic nitrogens is 5. The number of tetrazole rings is 1. The van der Waals surface area contributed by atoms with Crippen LogP contribution in [0.3, 0.4) is 0 Å². The summed E-state index contributed by atoms with van der Waals surface area (Å²) in [5, 5.41) is 13.7. The maximum absolute atomic E-state index is 13.3. The van der Waals surface area contributed by atoms with Crippen molar-refractivity contribution in [3.63, 3.8) is 0 Å². The van der Waals surface area contributed by atoms with Gasteiger partial charge in [0, 0.05) is 18.7 Å². The highest BCUT2D eigenvalue weighted by molar-refractivity contribution is 5.82.